The van der Waals surface area contributed by atoms with Gasteiger partial charge in [0, 0.05) is 0 Å². The van der Waals surface area contributed by atoms with Crippen LogP contribution in [-0.2, 0) is 15.1 Å². The first-order valence-corrected chi connectivity index (χ1v) is 9.67. The van der Waals surface area contributed by atoms with Crippen LogP contribution in [0.4, 0.5) is 0 Å². The van der Waals surface area contributed by atoms with Crippen molar-refractivity contribution in [2.24, 2.45) is 17.3 Å². The first-order valence-electron chi connectivity index (χ1n) is 9.67. The number of benzene rings is 2. The van der Waals surface area contributed by atoms with Crippen molar-refractivity contribution < 1.29 is 14.6 Å². The zero-order chi connectivity index (χ0) is 17.8. The van der Waals surface area contributed by atoms with Crippen molar-refractivity contribution in [3.8, 4) is 0 Å². The second-order valence-corrected chi connectivity index (χ2v) is 8.31. The molecule has 0 amide bonds. The van der Waals surface area contributed by atoms with E-state index in [0.717, 1.165) is 24.7 Å². The van der Waals surface area contributed by atoms with Gasteiger partial charge in [-0.05, 0) is 60.5 Å². The van der Waals surface area contributed by atoms with E-state index in [2.05, 4.69) is 0 Å². The highest BCUT2D eigenvalue weighted by Crippen LogP contribution is 2.73. The molecule has 2 aromatic carbocycles. The summed E-state index contributed by atoms with van der Waals surface area (Å²) in [5.41, 5.74) is -0.0500. The van der Waals surface area contributed by atoms with Crippen molar-refractivity contribution in [3.05, 3.63) is 71.8 Å². The standard InChI is InChI=1S/C23H24O3/c24-21(26-20-13-18-11-12-22(18)15-19(22)14-20)23(25,16-7-3-1-4-8-16)17-9-5-2-6-10-17/h1-10,18-20,25H,11-15H2/t18?,19?,20-,22?/m0/s1. The fourth-order valence-corrected chi connectivity index (χ4v) is 5.42. The van der Waals surface area contributed by atoms with Crippen LogP contribution in [0.1, 0.15) is 43.2 Å². The molecule has 3 aliphatic carbocycles. The monoisotopic (exact) mass is 348 g/mol. The highest BCUT2D eigenvalue weighted by Gasteiger charge is 2.66. The Balaban J connectivity index is 1.43. The van der Waals surface area contributed by atoms with E-state index in [-0.39, 0.29) is 6.10 Å². The zero-order valence-corrected chi connectivity index (χ0v) is 14.8. The van der Waals surface area contributed by atoms with Crippen LogP contribution in [0, 0.1) is 17.3 Å². The Morgan fingerprint density at radius 3 is 2.04 bits per heavy atom. The van der Waals surface area contributed by atoms with Gasteiger partial charge in [0.15, 0.2) is 0 Å². The van der Waals surface area contributed by atoms with E-state index in [1.54, 1.807) is 24.3 Å². The summed E-state index contributed by atoms with van der Waals surface area (Å²) < 4.78 is 5.92. The minimum atomic E-state index is -1.76. The van der Waals surface area contributed by atoms with E-state index in [9.17, 15) is 9.90 Å². The van der Waals surface area contributed by atoms with Crippen LogP contribution in [-0.4, -0.2) is 17.2 Å². The van der Waals surface area contributed by atoms with Gasteiger partial charge in [-0.15, -0.1) is 0 Å². The van der Waals surface area contributed by atoms with Gasteiger partial charge in [-0.3, -0.25) is 0 Å². The van der Waals surface area contributed by atoms with Crippen LogP contribution in [0.5, 0.6) is 0 Å². The molecule has 4 atom stereocenters. The van der Waals surface area contributed by atoms with Gasteiger partial charge in [0.05, 0.1) is 0 Å². The van der Waals surface area contributed by atoms with Gasteiger partial charge >= 0.3 is 5.97 Å². The molecule has 1 N–H and O–H groups in total. The number of rotatable bonds is 4. The highest BCUT2D eigenvalue weighted by atomic mass is 16.6. The SMILES string of the molecule is O=C(O[C@H]1CC2CCC23CC3C1)C(O)(c1ccccc1)c1ccccc1. The summed E-state index contributed by atoms with van der Waals surface area (Å²) in [6.45, 7) is 0. The second-order valence-electron chi connectivity index (χ2n) is 8.31. The minimum Gasteiger partial charge on any atom is -0.460 e. The lowest BCUT2D eigenvalue weighted by Gasteiger charge is -2.44. The number of aliphatic hydroxyl groups is 1. The van der Waals surface area contributed by atoms with Gasteiger partial charge in [-0.1, -0.05) is 60.7 Å². The third-order valence-electron chi connectivity index (χ3n) is 7.10. The third-order valence-corrected chi connectivity index (χ3v) is 7.10. The lowest BCUT2D eigenvalue weighted by molar-refractivity contribution is -0.172. The Bertz CT molecular complexity index is 776. The molecule has 134 valence electrons. The van der Waals surface area contributed by atoms with Crippen LogP contribution >= 0.6 is 0 Å². The van der Waals surface area contributed by atoms with Gasteiger partial charge in [0.25, 0.3) is 0 Å². The summed E-state index contributed by atoms with van der Waals surface area (Å²) in [4.78, 5) is 13.2. The first-order chi connectivity index (χ1) is 12.6. The molecule has 0 aliphatic heterocycles. The van der Waals surface area contributed by atoms with Gasteiger partial charge in [0.2, 0.25) is 5.60 Å². The average Bonchev–Trinajstić information content (AvgIpc) is 3.42. The second kappa shape index (κ2) is 5.68. The Hall–Kier alpha value is -2.13. The molecule has 0 bridgehead atoms. The number of carbonyl (C=O) groups is 1. The molecular formula is C23H24O3. The summed E-state index contributed by atoms with van der Waals surface area (Å²) in [6, 6.07) is 18.2. The number of esters is 1. The number of hydrogen-bond acceptors (Lipinski definition) is 3. The van der Waals surface area contributed by atoms with E-state index in [4.69, 9.17) is 4.74 Å². The molecule has 3 unspecified atom stereocenters. The molecule has 0 aromatic heterocycles. The summed E-state index contributed by atoms with van der Waals surface area (Å²) in [5.74, 6) is 0.905. The van der Waals surface area contributed by atoms with Gasteiger partial charge < -0.3 is 9.84 Å². The van der Waals surface area contributed by atoms with Crippen LogP contribution in [0.3, 0.4) is 0 Å². The van der Waals surface area contributed by atoms with Crippen molar-refractivity contribution in [2.75, 3.05) is 0 Å². The molecule has 3 saturated carbocycles. The maximum absolute atomic E-state index is 13.2. The Kier molecular flexibility index (Phi) is 3.51. The molecule has 26 heavy (non-hydrogen) atoms. The lowest BCUT2D eigenvalue weighted by Crippen LogP contribution is -2.44. The predicted molar refractivity (Wildman–Crippen MR) is 98.3 cm³/mol. The molecule has 3 fully saturated rings. The first kappa shape index (κ1) is 16.1. The number of ether oxygens (including phenoxy) is 1. The van der Waals surface area contributed by atoms with Crippen LogP contribution < -0.4 is 0 Å². The van der Waals surface area contributed by atoms with E-state index < -0.39 is 11.6 Å². The normalized spacial score (nSPS) is 32.0. The fraction of sp³-hybridized carbons (Fsp3) is 0.435. The third kappa shape index (κ3) is 2.26. The van der Waals surface area contributed by atoms with Crippen molar-refractivity contribution in [1.82, 2.24) is 0 Å². The smallest absolute Gasteiger partial charge is 0.347 e. The summed E-state index contributed by atoms with van der Waals surface area (Å²) in [7, 11) is 0. The van der Waals surface area contributed by atoms with Gasteiger partial charge in [-0.25, -0.2) is 4.79 Å². The minimum absolute atomic E-state index is 0.0626. The molecule has 1 spiro atoms. The molecule has 2 aromatic rings. The van der Waals surface area contributed by atoms with E-state index in [0.29, 0.717) is 16.5 Å². The van der Waals surface area contributed by atoms with E-state index in [1.807, 2.05) is 36.4 Å². The highest BCUT2D eigenvalue weighted by molar-refractivity contribution is 5.85. The number of carbonyl (C=O) groups excluding carboxylic acids is 1. The molecule has 0 radical (unpaired) electrons. The topological polar surface area (TPSA) is 46.5 Å². The zero-order valence-electron chi connectivity index (χ0n) is 14.8. The lowest BCUT2D eigenvalue weighted by atomic mass is 9.63. The van der Waals surface area contributed by atoms with Gasteiger partial charge in [-0.2, -0.15) is 0 Å². The molecular weight excluding hydrogens is 324 g/mol. The van der Waals surface area contributed by atoms with Crippen LogP contribution in [0.2, 0.25) is 0 Å². The number of hydrogen-bond donors (Lipinski definition) is 1. The van der Waals surface area contributed by atoms with E-state index >= 15 is 0 Å². The van der Waals surface area contributed by atoms with Crippen LogP contribution in [0.25, 0.3) is 0 Å². The van der Waals surface area contributed by atoms with E-state index in [1.165, 1.54) is 19.3 Å². The summed E-state index contributed by atoms with van der Waals surface area (Å²) in [6.07, 6.45) is 5.80. The molecule has 0 heterocycles. The van der Waals surface area contributed by atoms with Crippen LogP contribution in [0.15, 0.2) is 60.7 Å². The fourth-order valence-electron chi connectivity index (χ4n) is 5.42. The molecule has 0 saturated heterocycles. The largest absolute Gasteiger partial charge is 0.460 e. The van der Waals surface area contributed by atoms with Crippen molar-refractivity contribution in [3.63, 3.8) is 0 Å². The predicted octanol–water partition coefficient (Wildman–Crippen LogP) is 4.04. The summed E-state index contributed by atoms with van der Waals surface area (Å²) >= 11 is 0. The van der Waals surface area contributed by atoms with Crippen molar-refractivity contribution >= 4 is 5.97 Å². The quantitative estimate of drug-likeness (QED) is 0.848. The molecule has 3 nitrogen and oxygen atoms in total. The van der Waals surface area contributed by atoms with Crippen molar-refractivity contribution in [2.45, 2.75) is 43.8 Å². The average molecular weight is 348 g/mol. The summed E-state index contributed by atoms with van der Waals surface area (Å²) in [5, 5.41) is 11.5. The maximum Gasteiger partial charge on any atom is 0.347 e. The Labute approximate surface area is 154 Å². The Morgan fingerprint density at radius 2 is 1.54 bits per heavy atom. The molecule has 5 rings (SSSR count). The Morgan fingerprint density at radius 1 is 0.962 bits per heavy atom. The van der Waals surface area contributed by atoms with Crippen molar-refractivity contribution in [1.29, 1.82) is 0 Å². The molecule has 3 aliphatic rings. The van der Waals surface area contributed by atoms with Gasteiger partial charge in [0.1, 0.15) is 6.10 Å². The maximum atomic E-state index is 13.2. The molecule has 3 heteroatoms.